The van der Waals surface area contributed by atoms with Crippen molar-refractivity contribution in [2.24, 2.45) is 0 Å². The summed E-state index contributed by atoms with van der Waals surface area (Å²) in [5.41, 5.74) is 15.4. The van der Waals surface area contributed by atoms with Gasteiger partial charge in [-0.25, -0.2) is 4.98 Å². The van der Waals surface area contributed by atoms with Gasteiger partial charge in [0, 0.05) is 89.1 Å². The summed E-state index contributed by atoms with van der Waals surface area (Å²) in [7, 11) is 0. The van der Waals surface area contributed by atoms with Gasteiger partial charge >= 0.3 is 0 Å². The second-order valence-corrected chi connectivity index (χ2v) is 32.2. The van der Waals surface area contributed by atoms with Crippen molar-refractivity contribution in [1.29, 1.82) is 0 Å². The molecule has 0 saturated carbocycles. The molecule has 0 fully saturated rings. The van der Waals surface area contributed by atoms with Crippen molar-refractivity contribution in [3.63, 3.8) is 0 Å². The van der Waals surface area contributed by atoms with Gasteiger partial charge in [0.2, 0.25) is 0 Å². The first-order valence-corrected chi connectivity index (χ1v) is 38.0. The first-order chi connectivity index (χ1) is 47.8. The van der Waals surface area contributed by atoms with Crippen molar-refractivity contribution in [3.8, 4) is 9.75 Å². The molecule has 100 heavy (non-hydrogen) atoms. The predicted octanol–water partition coefficient (Wildman–Crippen LogP) is 29.7. The summed E-state index contributed by atoms with van der Waals surface area (Å²) in [6.45, 7) is 26.9. The third-order valence-electron chi connectivity index (χ3n) is 15.4. The van der Waals surface area contributed by atoms with E-state index in [9.17, 15) is 0 Å². The number of nitrogens with zero attached hydrogens (tertiary/aromatic N) is 3. The molecule has 5 nitrogen and oxygen atoms in total. The van der Waals surface area contributed by atoms with Gasteiger partial charge in [0.15, 0.2) is 0 Å². The average Bonchev–Trinajstić information content (AvgIpc) is 1.63. The van der Waals surface area contributed by atoms with E-state index < -0.39 is 0 Å². The summed E-state index contributed by atoms with van der Waals surface area (Å²) in [5.74, 6) is 0.977. The number of aromatic amines is 1. The van der Waals surface area contributed by atoms with E-state index in [0.717, 1.165) is 52.6 Å². The number of H-pyrrole nitrogens is 1. The van der Waals surface area contributed by atoms with E-state index >= 15 is 0 Å². The van der Waals surface area contributed by atoms with Crippen LogP contribution in [0.1, 0.15) is 70.7 Å². The molecule has 0 saturated heterocycles. The number of rotatable bonds is 1. The fourth-order valence-corrected chi connectivity index (χ4v) is 15.1. The van der Waals surface area contributed by atoms with Crippen molar-refractivity contribution in [1.82, 2.24) is 19.9 Å². The summed E-state index contributed by atoms with van der Waals surface area (Å²) in [4.78, 5) is 22.4. The van der Waals surface area contributed by atoms with Crippen LogP contribution in [-0.4, -0.2) is 19.9 Å². The van der Waals surface area contributed by atoms with E-state index in [4.69, 9.17) is 50.8 Å². The largest absolute Gasteiger partial charge is 0.461 e. The topological polar surface area (TPSA) is 67.6 Å². The number of furan rings is 1. The number of benzene rings is 8. The fourth-order valence-electron chi connectivity index (χ4n) is 10.4. The van der Waals surface area contributed by atoms with Gasteiger partial charge in [-0.15, -0.1) is 45.3 Å². The van der Waals surface area contributed by atoms with E-state index in [1.807, 2.05) is 113 Å². The highest BCUT2D eigenvalue weighted by molar-refractivity contribution is 9.10. The van der Waals surface area contributed by atoms with Gasteiger partial charge in [0.05, 0.1) is 20.1 Å². The van der Waals surface area contributed by atoms with E-state index in [2.05, 4.69) is 250 Å². The number of halogens is 5. The third kappa shape index (κ3) is 23.3. The highest BCUT2D eigenvalue weighted by Gasteiger charge is 2.05. The van der Waals surface area contributed by atoms with Crippen molar-refractivity contribution in [2.75, 3.05) is 0 Å². The second kappa shape index (κ2) is 36.6. The Kier molecular flexibility index (Phi) is 27.9. The van der Waals surface area contributed by atoms with Crippen LogP contribution in [-0.2, 0) is 0 Å². The number of aromatic nitrogens is 4. The summed E-state index contributed by atoms with van der Waals surface area (Å²) >= 11 is 33.7. The Morgan fingerprint density at radius 2 is 0.930 bits per heavy atom. The van der Waals surface area contributed by atoms with Crippen molar-refractivity contribution < 1.29 is 4.42 Å². The second-order valence-electron chi connectivity index (χ2n) is 24.5. The summed E-state index contributed by atoms with van der Waals surface area (Å²) in [6.07, 6.45) is 3.92. The van der Waals surface area contributed by atoms with Crippen LogP contribution in [0.2, 0.25) is 19.5 Å². The number of hydrogen-bond donors (Lipinski definition) is 1. The number of nitrogens with one attached hydrogen (secondary N) is 1. The van der Waals surface area contributed by atoms with Crippen molar-refractivity contribution >= 4 is 182 Å². The molecule has 0 spiro atoms. The highest BCUT2D eigenvalue weighted by atomic mass is 79.9. The first-order valence-electron chi connectivity index (χ1n) is 32.4. The van der Waals surface area contributed by atoms with Gasteiger partial charge in [-0.05, 0) is 273 Å². The average molecular weight is 1530 g/mol. The molecule has 17 rings (SSSR count). The van der Waals surface area contributed by atoms with Gasteiger partial charge in [-0.2, -0.15) is 0 Å². The molecule has 0 aliphatic carbocycles. The lowest BCUT2D eigenvalue weighted by Crippen LogP contribution is -1.82. The lowest BCUT2D eigenvalue weighted by molar-refractivity contribution is 0.578. The Morgan fingerprint density at radius 1 is 0.370 bits per heavy atom. The molecular weight excluding hydrogens is 1450 g/mol. The SMILES string of the molecule is Cc1cc2cc(Cl)ccc2s1.Cc1cc2nc(Cl)ccc2s1.Cc1ccc(-c2ccc(Cl)s2)s1.Cc1ccc(C)nc1.Cc1ccc2c(C)c[nH]c2c1.Cc1ccc2cc(Br)ccc2c1.Cc1ccc2ccc(Cl)cc2c1.Cc1ccc2nc(C)ccc2c1.Cc1ccc2oc(C)cc2c1. The zero-order valence-corrected chi connectivity index (χ0v) is 66.2. The van der Waals surface area contributed by atoms with E-state index in [0.29, 0.717) is 5.15 Å². The minimum absolute atomic E-state index is 0.565. The van der Waals surface area contributed by atoms with Gasteiger partial charge in [-0.1, -0.05) is 170 Å². The van der Waals surface area contributed by atoms with Crippen molar-refractivity contribution in [3.05, 3.63) is 332 Å². The zero-order valence-electron chi connectivity index (χ0n) is 58.3. The monoisotopic (exact) mass is 1530 g/mol. The molecule has 1 N–H and O–H groups in total. The Balaban J connectivity index is 0.000000131. The van der Waals surface area contributed by atoms with E-state index in [-0.39, 0.29) is 0 Å². The molecule has 9 aromatic heterocycles. The number of thiophene rings is 4. The molecule has 17 aromatic rings. The minimum Gasteiger partial charge on any atom is -0.461 e. The standard InChI is InChI=1S/C11H9Br.C11H9Cl.C11H11N.C10H11N.C10H10O.C9H7ClS2.C9H7ClS.C8H6ClNS.C7H9N/c1-8-2-3-10-7-11(12)5-4-9(10)6-8;1-8-2-3-9-4-5-11(12)7-10(9)6-8;1-8-3-6-11-10(7-8)5-4-9(2)12-11;1-7-3-4-9-8(2)6-11-10(9)5-7;1-7-3-4-10-9(5-7)6-8(2)11-10;1-6-2-3-7(11-6)8-4-5-9(10)12-8;1-6-4-7-5-8(10)2-3-9(7)11-6;1-5-4-6-7(11-5)2-3-8(9)10-6;1-6-3-4-7(2)8-5-6/h2*2-7H,1H3;3-7H,1-2H3;3-6,11H,1-2H3;3-6H,1-2H3;2-5H,1H3;2-5H,1H3;2-4H,1H3;3-5H,1-2H3. The van der Waals surface area contributed by atoms with Gasteiger partial charge in [0.1, 0.15) is 16.5 Å². The zero-order chi connectivity index (χ0) is 71.6. The molecule has 0 atom stereocenters. The maximum Gasteiger partial charge on any atom is 0.134 e. The Morgan fingerprint density at radius 3 is 1.63 bits per heavy atom. The van der Waals surface area contributed by atoms with Gasteiger partial charge in [0.25, 0.3) is 0 Å². The number of pyridine rings is 3. The smallest absolute Gasteiger partial charge is 0.134 e. The maximum absolute atomic E-state index is 5.87. The fraction of sp³-hybridized carbons (Fsp3) is 0.151. The van der Waals surface area contributed by atoms with E-state index in [1.165, 1.54) is 121 Å². The van der Waals surface area contributed by atoms with Crippen LogP contribution in [0.15, 0.2) is 246 Å². The quantitative estimate of drug-likeness (QED) is 0.166. The molecule has 9 heterocycles. The number of hydrogen-bond acceptors (Lipinski definition) is 8. The van der Waals surface area contributed by atoms with Crippen LogP contribution in [0.5, 0.6) is 0 Å². The molecule has 0 aliphatic rings. The number of aryl methyl sites for hydroxylation is 13. The highest BCUT2D eigenvalue weighted by Crippen LogP contribution is 2.35. The molecule has 14 heteroatoms. The molecule has 0 radical (unpaired) electrons. The lowest BCUT2D eigenvalue weighted by atomic mass is 10.1. The summed E-state index contributed by atoms with van der Waals surface area (Å²) in [5, 5.41) is 12.2. The molecular formula is C86H79BrCl4N4OS4. The normalized spacial score (nSPS) is 10.5. The molecule has 0 aliphatic heterocycles. The Labute approximate surface area is 632 Å². The molecule has 0 amide bonds. The Hall–Kier alpha value is -7.97. The van der Waals surface area contributed by atoms with Gasteiger partial charge in [-0.3, -0.25) is 9.97 Å². The maximum atomic E-state index is 5.87. The van der Waals surface area contributed by atoms with Gasteiger partial charge < -0.3 is 9.40 Å². The minimum atomic E-state index is 0.565. The molecule has 8 aromatic carbocycles. The molecule has 0 unspecified atom stereocenters. The summed E-state index contributed by atoms with van der Waals surface area (Å²) < 4.78 is 9.93. The van der Waals surface area contributed by atoms with Crippen LogP contribution in [0.25, 0.3) is 84.4 Å². The third-order valence-corrected chi connectivity index (χ3v) is 21.1. The first kappa shape index (κ1) is 76.2. The van der Waals surface area contributed by atoms with Crippen LogP contribution < -0.4 is 0 Å². The van der Waals surface area contributed by atoms with Crippen molar-refractivity contribution in [2.45, 2.75) is 90.0 Å². The number of fused-ring (bicyclic) bond motifs is 7. The van der Waals surface area contributed by atoms with Crippen LogP contribution in [0, 0.1) is 90.0 Å². The predicted molar refractivity (Wildman–Crippen MR) is 447 cm³/mol. The summed E-state index contributed by atoms with van der Waals surface area (Å²) in [6, 6.07) is 76.7. The lowest BCUT2D eigenvalue weighted by Gasteiger charge is -1.99. The van der Waals surface area contributed by atoms with Crippen LogP contribution >= 0.6 is 108 Å². The Bertz CT molecular complexity index is 5070. The van der Waals surface area contributed by atoms with E-state index in [1.54, 1.807) is 45.3 Å². The molecule has 0 bridgehead atoms. The van der Waals surface area contributed by atoms with Crippen LogP contribution in [0.4, 0.5) is 0 Å². The van der Waals surface area contributed by atoms with Crippen LogP contribution in [0.3, 0.4) is 0 Å². The molecule has 508 valence electrons.